The van der Waals surface area contributed by atoms with Crippen molar-refractivity contribution in [3.05, 3.63) is 47.3 Å². The van der Waals surface area contributed by atoms with Crippen molar-refractivity contribution in [2.45, 2.75) is 23.8 Å². The van der Waals surface area contributed by atoms with Crippen LogP contribution in [0.2, 0.25) is 0 Å². The van der Waals surface area contributed by atoms with Gasteiger partial charge in [0.25, 0.3) is 0 Å². The summed E-state index contributed by atoms with van der Waals surface area (Å²) in [4.78, 5) is 11.6. The van der Waals surface area contributed by atoms with Crippen LogP contribution in [-0.2, 0) is 10.0 Å². The molecule has 1 saturated heterocycles. The summed E-state index contributed by atoms with van der Waals surface area (Å²) in [6, 6.07) is 6.05. The number of aliphatic hydroxyl groups is 1. The van der Waals surface area contributed by atoms with Crippen molar-refractivity contribution >= 4 is 10.0 Å². The Hall–Kier alpha value is -1.90. The maximum Gasteiger partial charge on any atom is 0.423 e. The molecule has 1 aliphatic rings. The van der Waals surface area contributed by atoms with Crippen LogP contribution in [0, 0.1) is 0 Å². The van der Waals surface area contributed by atoms with Gasteiger partial charge in [-0.2, -0.15) is 4.31 Å². The van der Waals surface area contributed by atoms with Crippen molar-refractivity contribution in [2.24, 2.45) is 0 Å². The van der Waals surface area contributed by atoms with E-state index >= 15 is 0 Å². The van der Waals surface area contributed by atoms with Gasteiger partial charge in [-0.1, -0.05) is 0 Å². The standard InChI is InChI=1S/C14H16N2O5S/c17-12-5-7-15(8-6-12)22(19,20)13-3-1-11(2-4-13)16-9-10-21-14(16)18/h1-4,9-10,12,17H,5-8H2. The number of nitrogens with zero attached hydrogens (tertiary/aromatic N) is 2. The van der Waals surface area contributed by atoms with Crippen molar-refractivity contribution in [1.82, 2.24) is 8.87 Å². The highest BCUT2D eigenvalue weighted by Gasteiger charge is 2.28. The molecule has 1 aromatic carbocycles. The third-order valence-corrected chi connectivity index (χ3v) is 5.66. The predicted octanol–water partition coefficient (Wildman–Crippen LogP) is 0.576. The molecule has 0 radical (unpaired) electrons. The molecule has 1 fully saturated rings. The van der Waals surface area contributed by atoms with Crippen molar-refractivity contribution < 1.29 is 17.9 Å². The maximum atomic E-state index is 12.5. The molecule has 8 heteroatoms. The zero-order chi connectivity index (χ0) is 15.7. The number of sulfonamides is 1. The molecule has 0 spiro atoms. The van der Waals surface area contributed by atoms with E-state index in [0.29, 0.717) is 31.6 Å². The average molecular weight is 324 g/mol. The van der Waals surface area contributed by atoms with E-state index in [1.807, 2.05) is 0 Å². The van der Waals surface area contributed by atoms with Crippen molar-refractivity contribution in [1.29, 1.82) is 0 Å². The molecular weight excluding hydrogens is 308 g/mol. The SMILES string of the molecule is O=c1occn1-c1ccc(S(=O)(=O)N2CCC(O)CC2)cc1. The Balaban J connectivity index is 1.86. The Morgan fingerprint density at radius 2 is 1.77 bits per heavy atom. The second-order valence-electron chi connectivity index (χ2n) is 5.17. The van der Waals surface area contributed by atoms with Gasteiger partial charge in [-0.3, -0.25) is 0 Å². The molecule has 2 heterocycles. The van der Waals surface area contributed by atoms with E-state index < -0.39 is 21.9 Å². The molecule has 118 valence electrons. The third-order valence-electron chi connectivity index (χ3n) is 3.75. The predicted molar refractivity (Wildman–Crippen MR) is 78.3 cm³/mol. The normalized spacial score (nSPS) is 17.7. The van der Waals surface area contributed by atoms with E-state index in [0.717, 1.165) is 0 Å². The first-order chi connectivity index (χ1) is 10.5. The van der Waals surface area contributed by atoms with Crippen LogP contribution in [0.5, 0.6) is 0 Å². The fourth-order valence-corrected chi connectivity index (χ4v) is 3.94. The van der Waals surface area contributed by atoms with Gasteiger partial charge in [0.05, 0.1) is 22.9 Å². The van der Waals surface area contributed by atoms with Gasteiger partial charge in [0.1, 0.15) is 6.26 Å². The minimum absolute atomic E-state index is 0.171. The Kier molecular flexibility index (Phi) is 3.90. The van der Waals surface area contributed by atoms with E-state index in [2.05, 4.69) is 4.42 Å². The molecule has 2 aromatic rings. The lowest BCUT2D eigenvalue weighted by Crippen LogP contribution is -2.39. The first kappa shape index (κ1) is 15.0. The van der Waals surface area contributed by atoms with E-state index in [1.54, 1.807) is 12.1 Å². The molecule has 7 nitrogen and oxygen atoms in total. The Bertz CT molecular complexity index is 798. The van der Waals surface area contributed by atoms with Crippen LogP contribution >= 0.6 is 0 Å². The second kappa shape index (κ2) is 5.71. The summed E-state index contributed by atoms with van der Waals surface area (Å²) < 4.78 is 32.4. The number of aliphatic hydroxyl groups excluding tert-OH is 1. The molecular formula is C14H16N2O5S. The third kappa shape index (κ3) is 2.72. The van der Waals surface area contributed by atoms with Gasteiger partial charge in [-0.05, 0) is 37.1 Å². The number of benzene rings is 1. The number of hydrogen-bond acceptors (Lipinski definition) is 5. The Labute approximate surface area is 127 Å². The Morgan fingerprint density at radius 1 is 1.14 bits per heavy atom. The van der Waals surface area contributed by atoms with Crippen molar-refractivity contribution in [3.63, 3.8) is 0 Å². The number of rotatable bonds is 3. The quantitative estimate of drug-likeness (QED) is 0.891. The van der Waals surface area contributed by atoms with Crippen LogP contribution in [0.15, 0.2) is 50.8 Å². The molecule has 0 saturated carbocycles. The van der Waals surface area contributed by atoms with Gasteiger partial charge < -0.3 is 9.52 Å². The monoisotopic (exact) mass is 324 g/mol. The fraction of sp³-hybridized carbons (Fsp3) is 0.357. The summed E-state index contributed by atoms with van der Waals surface area (Å²) in [6.07, 6.45) is 3.20. The Morgan fingerprint density at radius 3 is 2.32 bits per heavy atom. The summed E-state index contributed by atoms with van der Waals surface area (Å²) in [5, 5.41) is 9.47. The van der Waals surface area contributed by atoms with E-state index in [4.69, 9.17) is 0 Å². The fourth-order valence-electron chi connectivity index (χ4n) is 2.47. The average Bonchev–Trinajstić information content (AvgIpc) is 2.94. The number of aromatic nitrogens is 1. The van der Waals surface area contributed by atoms with Crippen LogP contribution in [-0.4, -0.2) is 41.6 Å². The topological polar surface area (TPSA) is 92.8 Å². The largest absolute Gasteiger partial charge is 0.423 e. The van der Waals surface area contributed by atoms with E-state index in [-0.39, 0.29) is 4.90 Å². The lowest BCUT2D eigenvalue weighted by molar-refractivity contribution is 0.113. The maximum absolute atomic E-state index is 12.5. The molecule has 1 N–H and O–H groups in total. The summed E-state index contributed by atoms with van der Waals surface area (Å²) in [7, 11) is -3.57. The van der Waals surface area contributed by atoms with Gasteiger partial charge >= 0.3 is 5.76 Å². The highest BCUT2D eigenvalue weighted by molar-refractivity contribution is 7.89. The van der Waals surface area contributed by atoms with Gasteiger partial charge in [-0.25, -0.2) is 17.8 Å². The lowest BCUT2D eigenvalue weighted by Gasteiger charge is -2.28. The lowest BCUT2D eigenvalue weighted by atomic mass is 10.1. The molecule has 0 bridgehead atoms. The highest BCUT2D eigenvalue weighted by Crippen LogP contribution is 2.21. The van der Waals surface area contributed by atoms with Crippen molar-refractivity contribution in [2.75, 3.05) is 13.1 Å². The minimum Gasteiger partial charge on any atom is -0.416 e. The molecule has 1 aliphatic heterocycles. The summed E-state index contributed by atoms with van der Waals surface area (Å²) in [6.45, 7) is 0.624. The first-order valence-corrected chi connectivity index (χ1v) is 8.37. The van der Waals surface area contributed by atoms with Gasteiger partial charge in [0.15, 0.2) is 0 Å². The molecule has 1 aromatic heterocycles. The molecule has 0 unspecified atom stereocenters. The first-order valence-electron chi connectivity index (χ1n) is 6.93. The zero-order valence-corrected chi connectivity index (χ0v) is 12.6. The molecule has 3 rings (SSSR count). The summed E-state index contributed by atoms with van der Waals surface area (Å²) in [5.74, 6) is -0.527. The van der Waals surface area contributed by atoms with Gasteiger partial charge in [0.2, 0.25) is 10.0 Å². The smallest absolute Gasteiger partial charge is 0.416 e. The minimum atomic E-state index is -3.57. The van der Waals surface area contributed by atoms with Crippen molar-refractivity contribution in [3.8, 4) is 5.69 Å². The van der Waals surface area contributed by atoms with Gasteiger partial charge in [-0.15, -0.1) is 0 Å². The molecule has 22 heavy (non-hydrogen) atoms. The highest BCUT2D eigenvalue weighted by atomic mass is 32.2. The second-order valence-corrected chi connectivity index (χ2v) is 7.11. The van der Waals surface area contributed by atoms with Crippen LogP contribution in [0.1, 0.15) is 12.8 Å². The molecule has 0 amide bonds. The van der Waals surface area contributed by atoms with Crippen LogP contribution in [0.25, 0.3) is 5.69 Å². The molecule has 0 aliphatic carbocycles. The van der Waals surface area contributed by atoms with Gasteiger partial charge in [0, 0.05) is 13.1 Å². The summed E-state index contributed by atoms with van der Waals surface area (Å²) in [5.41, 5.74) is 0.534. The van der Waals surface area contributed by atoms with E-state index in [9.17, 15) is 18.3 Å². The van der Waals surface area contributed by atoms with Crippen LogP contribution < -0.4 is 5.76 Å². The van der Waals surface area contributed by atoms with Crippen LogP contribution in [0.3, 0.4) is 0 Å². The zero-order valence-electron chi connectivity index (χ0n) is 11.8. The number of oxazole rings is 1. The van der Waals surface area contributed by atoms with Crippen LogP contribution in [0.4, 0.5) is 0 Å². The number of hydrogen-bond donors (Lipinski definition) is 1. The molecule has 0 atom stereocenters. The summed E-state index contributed by atoms with van der Waals surface area (Å²) >= 11 is 0. The van der Waals surface area contributed by atoms with E-state index in [1.165, 1.54) is 33.5 Å². The number of piperidine rings is 1.